The summed E-state index contributed by atoms with van der Waals surface area (Å²) in [7, 11) is 0. The first kappa shape index (κ1) is 15.7. The Kier molecular flexibility index (Phi) is 5.14. The molecule has 21 heavy (non-hydrogen) atoms. The topological polar surface area (TPSA) is 58.2 Å². The number of nitrogens with one attached hydrogen (secondary N) is 2. The van der Waals surface area contributed by atoms with Crippen LogP contribution in [0.4, 0.5) is 5.69 Å². The first-order valence-electron chi connectivity index (χ1n) is 6.40. The molecule has 0 saturated heterocycles. The molecule has 2 amide bonds. The van der Waals surface area contributed by atoms with Crippen molar-refractivity contribution in [2.45, 2.75) is 19.9 Å². The summed E-state index contributed by atoms with van der Waals surface area (Å²) in [4.78, 5) is 24.7. The minimum atomic E-state index is -0.613. The number of halogens is 1. The molecular formula is C15H15BrN2O2S. The lowest BCUT2D eigenvalue weighted by Crippen LogP contribution is -2.41. The Morgan fingerprint density at radius 2 is 1.90 bits per heavy atom. The minimum absolute atomic E-state index is 0.242. The first-order chi connectivity index (χ1) is 9.97. The second kappa shape index (κ2) is 6.87. The van der Waals surface area contributed by atoms with Crippen LogP contribution in [0, 0.1) is 6.92 Å². The predicted octanol–water partition coefficient (Wildman–Crippen LogP) is 3.58. The van der Waals surface area contributed by atoms with E-state index in [1.54, 1.807) is 19.1 Å². The molecule has 0 aliphatic carbocycles. The Balaban J connectivity index is 1.97. The average Bonchev–Trinajstić information content (AvgIpc) is 2.88. The van der Waals surface area contributed by atoms with Crippen LogP contribution in [0.1, 0.15) is 22.2 Å². The lowest BCUT2D eigenvalue weighted by molar-refractivity contribution is -0.117. The third-order valence-corrected chi connectivity index (χ3v) is 4.56. The SMILES string of the molecule is Cc1ccccc1NC(=O)[C@H](C)NC(=O)c1ccc(Br)s1. The van der Waals surface area contributed by atoms with Gasteiger partial charge in [0, 0.05) is 5.69 Å². The van der Waals surface area contributed by atoms with Gasteiger partial charge in [-0.05, 0) is 53.5 Å². The van der Waals surface area contributed by atoms with Crippen LogP contribution >= 0.6 is 27.3 Å². The van der Waals surface area contributed by atoms with Crippen molar-refractivity contribution in [3.8, 4) is 0 Å². The van der Waals surface area contributed by atoms with Crippen molar-refractivity contribution in [1.82, 2.24) is 5.32 Å². The van der Waals surface area contributed by atoms with Crippen molar-refractivity contribution in [3.63, 3.8) is 0 Å². The highest BCUT2D eigenvalue weighted by molar-refractivity contribution is 9.11. The molecule has 0 radical (unpaired) electrons. The molecule has 2 aromatic rings. The fraction of sp³-hybridized carbons (Fsp3) is 0.200. The van der Waals surface area contributed by atoms with Gasteiger partial charge in [-0.25, -0.2) is 0 Å². The zero-order chi connectivity index (χ0) is 15.4. The number of hydrogen-bond acceptors (Lipinski definition) is 3. The third-order valence-electron chi connectivity index (χ3n) is 2.94. The van der Waals surface area contributed by atoms with Gasteiger partial charge in [0.15, 0.2) is 0 Å². The highest BCUT2D eigenvalue weighted by atomic mass is 79.9. The van der Waals surface area contributed by atoms with Crippen molar-refractivity contribution in [1.29, 1.82) is 0 Å². The molecule has 0 fully saturated rings. The van der Waals surface area contributed by atoms with Crippen molar-refractivity contribution >= 4 is 44.8 Å². The number of carbonyl (C=O) groups is 2. The molecule has 0 aliphatic rings. The lowest BCUT2D eigenvalue weighted by atomic mass is 10.2. The molecule has 0 unspecified atom stereocenters. The number of thiophene rings is 1. The summed E-state index contributed by atoms with van der Waals surface area (Å²) in [5.41, 5.74) is 1.73. The summed E-state index contributed by atoms with van der Waals surface area (Å²) in [6.45, 7) is 3.58. The molecule has 2 rings (SSSR count). The Bertz CT molecular complexity index is 669. The number of aryl methyl sites for hydroxylation is 1. The van der Waals surface area contributed by atoms with E-state index in [0.717, 1.165) is 15.0 Å². The van der Waals surface area contributed by atoms with E-state index < -0.39 is 6.04 Å². The summed E-state index contributed by atoms with van der Waals surface area (Å²) < 4.78 is 0.879. The van der Waals surface area contributed by atoms with Gasteiger partial charge in [-0.2, -0.15) is 0 Å². The number of amides is 2. The molecule has 4 nitrogen and oxygen atoms in total. The van der Waals surface area contributed by atoms with Gasteiger partial charge in [0.1, 0.15) is 6.04 Å². The van der Waals surface area contributed by atoms with Crippen LogP contribution in [0.2, 0.25) is 0 Å². The van der Waals surface area contributed by atoms with Crippen LogP contribution in [0.3, 0.4) is 0 Å². The van der Waals surface area contributed by atoms with Gasteiger partial charge in [0.25, 0.3) is 5.91 Å². The maximum atomic E-state index is 12.1. The minimum Gasteiger partial charge on any atom is -0.340 e. The van der Waals surface area contributed by atoms with Gasteiger partial charge in [0.2, 0.25) is 5.91 Å². The zero-order valence-corrected chi connectivity index (χ0v) is 14.0. The van der Waals surface area contributed by atoms with Crippen molar-refractivity contribution in [2.75, 3.05) is 5.32 Å². The normalized spacial score (nSPS) is 11.8. The van der Waals surface area contributed by atoms with Gasteiger partial charge in [0.05, 0.1) is 8.66 Å². The van der Waals surface area contributed by atoms with Gasteiger partial charge >= 0.3 is 0 Å². The summed E-state index contributed by atoms with van der Waals surface area (Å²) in [5, 5.41) is 5.50. The molecule has 1 aromatic heterocycles. The van der Waals surface area contributed by atoms with E-state index >= 15 is 0 Å². The number of benzene rings is 1. The zero-order valence-electron chi connectivity index (χ0n) is 11.6. The van der Waals surface area contributed by atoms with Crippen LogP contribution < -0.4 is 10.6 Å². The summed E-state index contributed by atoms with van der Waals surface area (Å²) in [6, 6.07) is 10.4. The van der Waals surface area contributed by atoms with E-state index in [-0.39, 0.29) is 11.8 Å². The largest absolute Gasteiger partial charge is 0.340 e. The lowest BCUT2D eigenvalue weighted by Gasteiger charge is -2.14. The molecule has 1 atom stereocenters. The second-order valence-corrected chi connectivity index (χ2v) is 7.07. The number of hydrogen-bond donors (Lipinski definition) is 2. The molecule has 1 heterocycles. The number of para-hydroxylation sites is 1. The number of anilines is 1. The highest BCUT2D eigenvalue weighted by Crippen LogP contribution is 2.22. The van der Waals surface area contributed by atoms with Crippen LogP contribution in [0.15, 0.2) is 40.2 Å². The molecule has 0 spiro atoms. The van der Waals surface area contributed by atoms with Crippen LogP contribution in [0.5, 0.6) is 0 Å². The monoisotopic (exact) mass is 366 g/mol. The Hall–Kier alpha value is -1.66. The van der Waals surface area contributed by atoms with Gasteiger partial charge in [-0.15, -0.1) is 11.3 Å². The van der Waals surface area contributed by atoms with E-state index in [4.69, 9.17) is 0 Å². The molecule has 2 N–H and O–H groups in total. The van der Waals surface area contributed by atoms with Crippen molar-refractivity contribution in [2.24, 2.45) is 0 Å². The van der Waals surface area contributed by atoms with E-state index in [1.807, 2.05) is 31.2 Å². The van der Waals surface area contributed by atoms with Crippen molar-refractivity contribution in [3.05, 3.63) is 50.6 Å². The maximum Gasteiger partial charge on any atom is 0.262 e. The van der Waals surface area contributed by atoms with Crippen LogP contribution in [-0.4, -0.2) is 17.9 Å². The van der Waals surface area contributed by atoms with Gasteiger partial charge in [-0.1, -0.05) is 18.2 Å². The van der Waals surface area contributed by atoms with E-state index in [1.165, 1.54) is 11.3 Å². The fourth-order valence-electron chi connectivity index (χ4n) is 1.72. The van der Waals surface area contributed by atoms with E-state index in [9.17, 15) is 9.59 Å². The quantitative estimate of drug-likeness (QED) is 0.868. The Morgan fingerprint density at radius 3 is 2.52 bits per heavy atom. The van der Waals surface area contributed by atoms with Gasteiger partial charge in [-0.3, -0.25) is 9.59 Å². The van der Waals surface area contributed by atoms with Crippen LogP contribution in [-0.2, 0) is 4.79 Å². The first-order valence-corrected chi connectivity index (χ1v) is 8.01. The Morgan fingerprint density at radius 1 is 1.19 bits per heavy atom. The summed E-state index contributed by atoms with van der Waals surface area (Å²) in [5.74, 6) is -0.494. The fourth-order valence-corrected chi connectivity index (χ4v) is 3.01. The Labute approximate surface area is 135 Å². The highest BCUT2D eigenvalue weighted by Gasteiger charge is 2.18. The molecule has 6 heteroatoms. The summed E-state index contributed by atoms with van der Waals surface area (Å²) in [6.07, 6.45) is 0. The number of carbonyl (C=O) groups excluding carboxylic acids is 2. The average molecular weight is 367 g/mol. The molecule has 0 saturated carbocycles. The second-order valence-electron chi connectivity index (χ2n) is 4.60. The smallest absolute Gasteiger partial charge is 0.262 e. The molecule has 0 bridgehead atoms. The predicted molar refractivity (Wildman–Crippen MR) is 88.8 cm³/mol. The molecule has 1 aromatic carbocycles. The molecule has 0 aliphatic heterocycles. The van der Waals surface area contributed by atoms with Crippen molar-refractivity contribution < 1.29 is 9.59 Å². The molecule has 110 valence electrons. The third kappa shape index (κ3) is 4.15. The molecular weight excluding hydrogens is 352 g/mol. The summed E-state index contributed by atoms with van der Waals surface area (Å²) >= 11 is 4.64. The van der Waals surface area contributed by atoms with Crippen LogP contribution in [0.25, 0.3) is 0 Å². The standard InChI is InChI=1S/C15H15BrN2O2S/c1-9-5-3-4-6-11(9)18-14(19)10(2)17-15(20)12-7-8-13(16)21-12/h3-8,10H,1-2H3,(H,17,20)(H,18,19)/t10-/m0/s1. The van der Waals surface area contributed by atoms with E-state index in [0.29, 0.717) is 4.88 Å². The van der Waals surface area contributed by atoms with Gasteiger partial charge < -0.3 is 10.6 Å². The maximum absolute atomic E-state index is 12.1. The number of rotatable bonds is 4. The van der Waals surface area contributed by atoms with E-state index in [2.05, 4.69) is 26.6 Å².